The fourth-order valence-electron chi connectivity index (χ4n) is 2.87. The fraction of sp³-hybridized carbons (Fsp3) is 0.304. The second-order valence-electron chi connectivity index (χ2n) is 7.65. The van der Waals surface area contributed by atoms with Gasteiger partial charge in [-0.25, -0.2) is 0 Å². The maximum absolute atomic E-state index is 3.53. The minimum atomic E-state index is 0.169. The monoisotopic (exact) mass is 381 g/mol. The van der Waals surface area contributed by atoms with Crippen LogP contribution in [0.5, 0.6) is 0 Å². The molecule has 3 rings (SSSR count). The van der Waals surface area contributed by atoms with Crippen LogP contribution in [0.2, 0.25) is 0 Å². The lowest BCUT2D eigenvalue weighted by atomic mass is 9.85. The molecule has 0 bridgehead atoms. The summed E-state index contributed by atoms with van der Waals surface area (Å²) in [5.74, 6) is 0. The van der Waals surface area contributed by atoms with E-state index in [1.807, 2.05) is 0 Å². The summed E-state index contributed by atoms with van der Waals surface area (Å²) in [5, 5.41) is 2.14. The Hall–Kier alpha value is -1.71. The highest BCUT2D eigenvalue weighted by atomic mass is 32.2. The van der Waals surface area contributed by atoms with Crippen LogP contribution in [0, 0.1) is 6.92 Å². The van der Waals surface area contributed by atoms with E-state index in [0.29, 0.717) is 0 Å². The predicted octanol–water partition coefficient (Wildman–Crippen LogP) is 7.26. The van der Waals surface area contributed by atoms with E-state index < -0.39 is 0 Å². The summed E-state index contributed by atoms with van der Waals surface area (Å²) >= 11 is 3.51. The maximum Gasteiger partial charge on any atom is 0.0580 e. The summed E-state index contributed by atoms with van der Waals surface area (Å²) in [4.78, 5) is 2.65. The van der Waals surface area contributed by atoms with Crippen LogP contribution in [0.4, 0.5) is 5.69 Å². The van der Waals surface area contributed by atoms with Crippen molar-refractivity contribution in [3.8, 4) is 0 Å². The number of thiophene rings is 1. The Kier molecular flexibility index (Phi) is 6.10. The zero-order chi connectivity index (χ0) is 18.6. The molecule has 0 saturated heterocycles. The fourth-order valence-corrected chi connectivity index (χ4v) is 4.45. The minimum absolute atomic E-state index is 0.169. The van der Waals surface area contributed by atoms with E-state index in [9.17, 15) is 0 Å². The average molecular weight is 382 g/mol. The molecule has 0 amide bonds. The Morgan fingerprint density at radius 2 is 1.73 bits per heavy atom. The molecule has 0 fully saturated rings. The molecule has 1 nitrogen and oxygen atoms in total. The predicted molar refractivity (Wildman–Crippen MR) is 118 cm³/mol. The maximum atomic E-state index is 3.53. The Bertz CT molecular complexity index is 844. The van der Waals surface area contributed by atoms with Gasteiger partial charge in [0.2, 0.25) is 0 Å². The lowest BCUT2D eigenvalue weighted by Gasteiger charge is -2.21. The summed E-state index contributed by atoms with van der Waals surface area (Å²) in [6, 6.07) is 19.9. The second-order valence-corrected chi connectivity index (χ2v) is 9.62. The quantitative estimate of drug-likeness (QED) is 0.451. The van der Waals surface area contributed by atoms with Gasteiger partial charge in [0, 0.05) is 9.77 Å². The summed E-state index contributed by atoms with van der Waals surface area (Å²) in [6.45, 7) is 9.00. The average Bonchev–Trinajstić information content (AvgIpc) is 3.03. The van der Waals surface area contributed by atoms with Crippen LogP contribution < -0.4 is 4.72 Å². The molecule has 136 valence electrons. The molecular formula is C23H27NS2. The Morgan fingerprint density at radius 1 is 0.962 bits per heavy atom. The highest BCUT2D eigenvalue weighted by Gasteiger charge is 2.16. The van der Waals surface area contributed by atoms with Crippen molar-refractivity contribution >= 4 is 29.0 Å². The van der Waals surface area contributed by atoms with E-state index >= 15 is 0 Å². The molecule has 1 N–H and O–H groups in total. The van der Waals surface area contributed by atoms with Gasteiger partial charge in [-0.1, -0.05) is 63.2 Å². The lowest BCUT2D eigenvalue weighted by molar-refractivity contribution is 0.588. The van der Waals surface area contributed by atoms with Crippen LogP contribution in [0.1, 0.15) is 42.3 Å². The molecule has 26 heavy (non-hydrogen) atoms. The summed E-state index contributed by atoms with van der Waals surface area (Å²) in [7, 11) is 0. The molecule has 0 atom stereocenters. The van der Waals surface area contributed by atoms with Crippen molar-refractivity contribution in [1.82, 2.24) is 0 Å². The molecule has 3 aromatic rings. The first kappa shape index (κ1) is 19.1. The first-order valence-electron chi connectivity index (χ1n) is 9.08. The van der Waals surface area contributed by atoms with Gasteiger partial charge in [-0.3, -0.25) is 0 Å². The number of hydrogen-bond donors (Lipinski definition) is 1. The van der Waals surface area contributed by atoms with Crippen molar-refractivity contribution in [3.05, 3.63) is 81.5 Å². The van der Waals surface area contributed by atoms with Crippen LogP contribution in [0.15, 0.2) is 64.9 Å². The third-order valence-corrected chi connectivity index (χ3v) is 6.37. The molecule has 1 heterocycles. The molecule has 3 heteroatoms. The largest absolute Gasteiger partial charge is 0.325 e. The van der Waals surface area contributed by atoms with Gasteiger partial charge in [-0.15, -0.1) is 11.3 Å². The first-order chi connectivity index (χ1) is 12.4. The molecule has 0 aliphatic carbocycles. The lowest BCUT2D eigenvalue weighted by Crippen LogP contribution is -2.12. The van der Waals surface area contributed by atoms with Gasteiger partial charge >= 0.3 is 0 Å². The number of aryl methyl sites for hydroxylation is 3. The van der Waals surface area contributed by atoms with E-state index in [2.05, 4.69) is 92.4 Å². The van der Waals surface area contributed by atoms with Crippen LogP contribution in [0.3, 0.4) is 0 Å². The number of benzene rings is 2. The summed E-state index contributed by atoms with van der Waals surface area (Å²) in [6.07, 6.45) is 2.13. The van der Waals surface area contributed by atoms with Gasteiger partial charge in [0.25, 0.3) is 0 Å². The molecule has 0 radical (unpaired) electrons. The van der Waals surface area contributed by atoms with Crippen molar-refractivity contribution in [2.45, 2.75) is 50.8 Å². The van der Waals surface area contributed by atoms with Crippen LogP contribution in [-0.4, -0.2) is 0 Å². The number of anilines is 1. The third-order valence-electron chi connectivity index (χ3n) is 4.58. The van der Waals surface area contributed by atoms with Crippen molar-refractivity contribution < 1.29 is 0 Å². The summed E-state index contributed by atoms with van der Waals surface area (Å²) < 4.78 is 3.53. The molecule has 2 aromatic carbocycles. The second kappa shape index (κ2) is 8.32. The molecule has 0 aliphatic heterocycles. The highest BCUT2D eigenvalue weighted by Crippen LogP contribution is 2.32. The van der Waals surface area contributed by atoms with Gasteiger partial charge in [0.05, 0.1) is 5.69 Å². The zero-order valence-corrected chi connectivity index (χ0v) is 17.6. The van der Waals surface area contributed by atoms with Crippen molar-refractivity contribution in [2.24, 2.45) is 0 Å². The number of hydrogen-bond acceptors (Lipinski definition) is 3. The van der Waals surface area contributed by atoms with E-state index in [1.165, 1.54) is 32.2 Å². The highest BCUT2D eigenvalue weighted by molar-refractivity contribution is 8.00. The molecule has 0 spiro atoms. The van der Waals surface area contributed by atoms with E-state index in [4.69, 9.17) is 0 Å². The van der Waals surface area contributed by atoms with Crippen LogP contribution in [0.25, 0.3) is 0 Å². The van der Waals surface area contributed by atoms with Crippen molar-refractivity contribution in [1.29, 1.82) is 0 Å². The van der Waals surface area contributed by atoms with E-state index in [-0.39, 0.29) is 5.41 Å². The SMILES string of the molecule is Cc1sccc1NSc1ccc(C(C)(C)C)cc1CCc1ccccc1. The Balaban J connectivity index is 1.81. The van der Waals surface area contributed by atoms with Crippen molar-refractivity contribution in [2.75, 3.05) is 4.72 Å². The van der Waals surface area contributed by atoms with Gasteiger partial charge in [-0.05, 0) is 71.3 Å². The minimum Gasteiger partial charge on any atom is -0.325 e. The molecule has 0 saturated carbocycles. The van der Waals surface area contributed by atoms with Crippen LogP contribution >= 0.6 is 23.3 Å². The molecule has 0 aliphatic rings. The Labute approximate surface area is 166 Å². The Morgan fingerprint density at radius 3 is 2.38 bits per heavy atom. The zero-order valence-electron chi connectivity index (χ0n) is 16.0. The number of rotatable bonds is 6. The smallest absolute Gasteiger partial charge is 0.0580 e. The van der Waals surface area contributed by atoms with Gasteiger partial charge in [0.1, 0.15) is 0 Å². The van der Waals surface area contributed by atoms with Gasteiger partial charge in [0.15, 0.2) is 0 Å². The third kappa shape index (κ3) is 4.93. The molecule has 0 unspecified atom stereocenters. The molecule has 1 aromatic heterocycles. The van der Waals surface area contributed by atoms with E-state index in [0.717, 1.165) is 12.8 Å². The summed E-state index contributed by atoms with van der Waals surface area (Å²) in [5.41, 5.74) is 5.60. The van der Waals surface area contributed by atoms with Gasteiger partial charge in [-0.2, -0.15) is 0 Å². The normalized spacial score (nSPS) is 11.5. The molecular weight excluding hydrogens is 354 g/mol. The van der Waals surface area contributed by atoms with Gasteiger partial charge < -0.3 is 4.72 Å². The van der Waals surface area contributed by atoms with E-state index in [1.54, 1.807) is 23.3 Å². The number of nitrogens with one attached hydrogen (secondary N) is 1. The topological polar surface area (TPSA) is 12.0 Å². The van der Waals surface area contributed by atoms with Crippen molar-refractivity contribution in [3.63, 3.8) is 0 Å². The van der Waals surface area contributed by atoms with Crippen LogP contribution in [-0.2, 0) is 18.3 Å². The standard InChI is InChI=1S/C23H27NS2/c1-17-21(14-15-25-17)24-26-22-13-12-20(23(2,3)4)16-19(22)11-10-18-8-6-5-7-9-18/h5-9,12-16,24H,10-11H2,1-4H3. The first-order valence-corrected chi connectivity index (χ1v) is 10.8.